The maximum Gasteiger partial charge on any atom is 0.355 e. The fourth-order valence-electron chi connectivity index (χ4n) is 1.85. The van der Waals surface area contributed by atoms with Gasteiger partial charge in [0.05, 0.1) is 10.7 Å². The van der Waals surface area contributed by atoms with Gasteiger partial charge in [-0.25, -0.2) is 9.18 Å². The Morgan fingerprint density at radius 1 is 1.50 bits per heavy atom. The lowest BCUT2D eigenvalue weighted by atomic mass is 10.2. The summed E-state index contributed by atoms with van der Waals surface area (Å²) in [6, 6.07) is 5.82. The van der Waals surface area contributed by atoms with Crippen LogP contribution in [0.25, 0.3) is 0 Å². The molecule has 0 radical (unpaired) electrons. The third-order valence-corrected chi connectivity index (χ3v) is 3.23. The highest BCUT2D eigenvalue weighted by Gasteiger charge is 2.15. The Morgan fingerprint density at radius 2 is 2.25 bits per heavy atom. The van der Waals surface area contributed by atoms with E-state index in [2.05, 4.69) is 0 Å². The number of halogens is 2. The average Bonchev–Trinajstić information content (AvgIpc) is 2.79. The quantitative estimate of drug-likeness (QED) is 0.881. The molecule has 1 aromatic carbocycles. The molecule has 0 atom stereocenters. The predicted molar refractivity (Wildman–Crippen MR) is 75.0 cm³/mol. The number of carbonyl (C=O) groups excluding carboxylic acids is 1. The lowest BCUT2D eigenvalue weighted by Gasteiger charge is -2.09. The topological polar surface area (TPSA) is 57.2 Å². The Balaban J connectivity index is 2.13. The normalized spacial score (nSPS) is 10.6. The first-order valence-corrected chi connectivity index (χ1v) is 6.46. The van der Waals surface area contributed by atoms with Crippen molar-refractivity contribution in [2.45, 2.75) is 20.1 Å². The molecule has 1 aromatic heterocycles. The van der Waals surface area contributed by atoms with Gasteiger partial charge in [0, 0.05) is 18.3 Å². The molecule has 0 aliphatic carbocycles. The maximum absolute atomic E-state index is 13.6. The van der Waals surface area contributed by atoms with Gasteiger partial charge in [0.1, 0.15) is 18.1 Å². The minimum atomic E-state index is -0.567. The van der Waals surface area contributed by atoms with E-state index in [1.54, 1.807) is 16.8 Å². The van der Waals surface area contributed by atoms with E-state index in [0.717, 1.165) is 0 Å². The highest BCUT2D eigenvalue weighted by Crippen LogP contribution is 2.20. The van der Waals surface area contributed by atoms with Crippen LogP contribution >= 0.6 is 11.6 Å². The summed E-state index contributed by atoms with van der Waals surface area (Å²) in [6.07, 6.45) is 1.65. The number of hydrogen-bond donors (Lipinski definition) is 1. The molecule has 0 aliphatic rings. The lowest BCUT2D eigenvalue weighted by molar-refractivity contribution is 0.0456. The van der Waals surface area contributed by atoms with E-state index in [4.69, 9.17) is 22.1 Å². The molecule has 2 aromatic rings. The number of benzene rings is 1. The minimum absolute atomic E-state index is 0.157. The Labute approximate surface area is 120 Å². The molecular formula is C14H14ClFN2O2. The van der Waals surface area contributed by atoms with Crippen LogP contribution in [0.15, 0.2) is 30.5 Å². The monoisotopic (exact) mass is 296 g/mol. The molecule has 6 heteroatoms. The summed E-state index contributed by atoms with van der Waals surface area (Å²) in [4.78, 5) is 12.0. The van der Waals surface area contributed by atoms with Gasteiger partial charge in [-0.3, -0.25) is 0 Å². The fraction of sp³-hybridized carbons (Fsp3) is 0.214. The van der Waals surface area contributed by atoms with Crippen LogP contribution in [0.5, 0.6) is 0 Å². The zero-order chi connectivity index (χ0) is 14.7. The number of hydrogen-bond acceptors (Lipinski definition) is 3. The molecule has 0 amide bonds. The summed E-state index contributed by atoms with van der Waals surface area (Å²) in [7, 11) is 0. The molecule has 1 heterocycles. The largest absolute Gasteiger partial charge is 0.456 e. The van der Waals surface area contributed by atoms with Crippen LogP contribution in [-0.4, -0.2) is 10.5 Å². The van der Waals surface area contributed by atoms with Gasteiger partial charge >= 0.3 is 5.97 Å². The number of ether oxygens (including phenoxy) is 1. The van der Waals surface area contributed by atoms with E-state index >= 15 is 0 Å². The van der Waals surface area contributed by atoms with E-state index in [9.17, 15) is 9.18 Å². The number of nitrogens with two attached hydrogens (primary N) is 1. The van der Waals surface area contributed by atoms with Gasteiger partial charge in [0.2, 0.25) is 0 Å². The lowest BCUT2D eigenvalue weighted by Crippen LogP contribution is -2.11. The van der Waals surface area contributed by atoms with Crippen molar-refractivity contribution in [2.75, 3.05) is 5.73 Å². The van der Waals surface area contributed by atoms with Gasteiger partial charge in [-0.05, 0) is 25.1 Å². The number of aryl methyl sites for hydroxylation is 1. The molecule has 0 fully saturated rings. The summed E-state index contributed by atoms with van der Waals surface area (Å²) in [5, 5.41) is 0.225. The zero-order valence-corrected chi connectivity index (χ0v) is 11.7. The van der Waals surface area contributed by atoms with Crippen molar-refractivity contribution in [1.82, 2.24) is 4.57 Å². The van der Waals surface area contributed by atoms with Crippen molar-refractivity contribution in [3.8, 4) is 0 Å². The van der Waals surface area contributed by atoms with Gasteiger partial charge in [0.25, 0.3) is 0 Å². The summed E-state index contributed by atoms with van der Waals surface area (Å²) in [6.45, 7) is 2.24. The predicted octanol–water partition coefficient (Wildman–Crippen LogP) is 3.24. The third kappa shape index (κ3) is 2.93. The molecule has 20 heavy (non-hydrogen) atoms. The maximum atomic E-state index is 13.6. The van der Waals surface area contributed by atoms with E-state index in [1.807, 2.05) is 6.92 Å². The minimum Gasteiger partial charge on any atom is -0.456 e. The number of aromatic nitrogens is 1. The molecule has 0 saturated carbocycles. The van der Waals surface area contributed by atoms with Crippen molar-refractivity contribution in [3.05, 3.63) is 52.6 Å². The smallest absolute Gasteiger partial charge is 0.355 e. The van der Waals surface area contributed by atoms with Crippen molar-refractivity contribution >= 4 is 23.3 Å². The molecule has 0 aliphatic heterocycles. The number of nitrogen functional groups attached to an aromatic ring is 1. The second kappa shape index (κ2) is 5.96. The van der Waals surface area contributed by atoms with Gasteiger partial charge < -0.3 is 15.0 Å². The average molecular weight is 297 g/mol. The van der Waals surface area contributed by atoms with Crippen LogP contribution in [0.2, 0.25) is 5.02 Å². The standard InChI is InChI=1S/C14H14ClFN2O2/c1-2-18-7-9(17)6-13(18)14(19)20-8-10-11(15)4-3-5-12(10)16/h3-7H,2,8,17H2,1H3. The van der Waals surface area contributed by atoms with Crippen molar-refractivity contribution < 1.29 is 13.9 Å². The van der Waals surface area contributed by atoms with Crippen LogP contribution < -0.4 is 5.73 Å². The highest BCUT2D eigenvalue weighted by molar-refractivity contribution is 6.31. The molecule has 2 N–H and O–H groups in total. The fourth-order valence-corrected chi connectivity index (χ4v) is 2.06. The van der Waals surface area contributed by atoms with Crippen LogP contribution in [0.1, 0.15) is 23.0 Å². The molecule has 0 unspecified atom stereocenters. The van der Waals surface area contributed by atoms with Crippen molar-refractivity contribution in [2.24, 2.45) is 0 Å². The third-order valence-electron chi connectivity index (χ3n) is 2.88. The van der Waals surface area contributed by atoms with Gasteiger partial charge in [-0.15, -0.1) is 0 Å². The summed E-state index contributed by atoms with van der Waals surface area (Å²) >= 11 is 5.87. The first-order chi connectivity index (χ1) is 9.52. The molecule has 0 bridgehead atoms. The number of carbonyl (C=O) groups is 1. The van der Waals surface area contributed by atoms with E-state index < -0.39 is 11.8 Å². The summed E-state index contributed by atoms with van der Waals surface area (Å²) < 4.78 is 20.3. The summed E-state index contributed by atoms with van der Waals surface area (Å²) in [5.41, 5.74) is 6.60. The second-order valence-electron chi connectivity index (χ2n) is 4.22. The van der Waals surface area contributed by atoms with Gasteiger partial charge in [-0.2, -0.15) is 0 Å². The summed E-state index contributed by atoms with van der Waals surface area (Å²) in [5.74, 6) is -1.07. The zero-order valence-electron chi connectivity index (χ0n) is 10.9. The Bertz CT molecular complexity index is 620. The van der Waals surface area contributed by atoms with Gasteiger partial charge in [-0.1, -0.05) is 17.7 Å². The number of rotatable bonds is 4. The molecule has 106 valence electrons. The van der Waals surface area contributed by atoms with Gasteiger partial charge in [0.15, 0.2) is 0 Å². The van der Waals surface area contributed by atoms with Crippen molar-refractivity contribution in [3.63, 3.8) is 0 Å². The van der Waals surface area contributed by atoms with Crippen LogP contribution in [0.3, 0.4) is 0 Å². The molecular weight excluding hydrogens is 283 g/mol. The molecule has 2 rings (SSSR count). The van der Waals surface area contributed by atoms with Crippen molar-refractivity contribution in [1.29, 1.82) is 0 Å². The first kappa shape index (κ1) is 14.4. The molecule has 4 nitrogen and oxygen atoms in total. The van der Waals surface area contributed by atoms with Crippen LogP contribution in [0, 0.1) is 5.82 Å². The Hall–Kier alpha value is -2.01. The highest BCUT2D eigenvalue weighted by atomic mass is 35.5. The van der Waals surface area contributed by atoms with Crippen LogP contribution in [0.4, 0.5) is 10.1 Å². The second-order valence-corrected chi connectivity index (χ2v) is 4.63. The number of esters is 1. The van der Waals surface area contributed by atoms with E-state index in [0.29, 0.717) is 17.9 Å². The number of nitrogens with zero attached hydrogens (tertiary/aromatic N) is 1. The number of anilines is 1. The molecule has 0 saturated heterocycles. The Kier molecular flexibility index (Phi) is 4.29. The first-order valence-electron chi connectivity index (χ1n) is 6.08. The van der Waals surface area contributed by atoms with Crippen LogP contribution in [-0.2, 0) is 17.9 Å². The Morgan fingerprint density at radius 3 is 2.90 bits per heavy atom. The SMILES string of the molecule is CCn1cc(N)cc1C(=O)OCc1c(F)cccc1Cl. The molecule has 0 spiro atoms. The van der Waals surface area contributed by atoms with E-state index in [1.165, 1.54) is 18.2 Å². The van der Waals surface area contributed by atoms with E-state index in [-0.39, 0.29) is 17.2 Å².